The Labute approximate surface area is 120 Å². The number of ether oxygens (including phenoxy) is 1. The molecule has 3 rings (SSSR count). The summed E-state index contributed by atoms with van der Waals surface area (Å²) >= 11 is 0. The van der Waals surface area contributed by atoms with Crippen LogP contribution in [0.3, 0.4) is 0 Å². The average molecular weight is 267 g/mol. The van der Waals surface area contributed by atoms with Crippen molar-refractivity contribution in [2.24, 2.45) is 0 Å². The van der Waals surface area contributed by atoms with Gasteiger partial charge in [-0.1, -0.05) is 57.2 Å². The van der Waals surface area contributed by atoms with Gasteiger partial charge in [-0.05, 0) is 28.7 Å². The second-order valence-corrected chi connectivity index (χ2v) is 6.36. The van der Waals surface area contributed by atoms with Crippen molar-refractivity contribution in [1.82, 2.24) is 0 Å². The number of anilines is 1. The number of nitrogens with one attached hydrogen (secondary N) is 1. The molecule has 1 heterocycles. The van der Waals surface area contributed by atoms with E-state index in [9.17, 15) is 0 Å². The summed E-state index contributed by atoms with van der Waals surface area (Å²) in [4.78, 5) is 0. The van der Waals surface area contributed by atoms with Gasteiger partial charge in [-0.15, -0.1) is 0 Å². The smallest absolute Gasteiger partial charge is 0.143 e. The molecule has 0 aliphatic carbocycles. The van der Waals surface area contributed by atoms with Gasteiger partial charge in [0.05, 0.1) is 12.2 Å². The predicted molar refractivity (Wildman–Crippen MR) is 83.4 cm³/mol. The molecule has 0 aromatic heterocycles. The molecule has 0 bridgehead atoms. The van der Waals surface area contributed by atoms with Crippen molar-refractivity contribution in [3.8, 4) is 5.75 Å². The van der Waals surface area contributed by atoms with E-state index in [0.717, 1.165) is 18.0 Å². The lowest BCUT2D eigenvalue weighted by Gasteiger charge is -2.28. The Morgan fingerprint density at radius 2 is 1.70 bits per heavy atom. The van der Waals surface area contributed by atoms with Crippen molar-refractivity contribution in [2.45, 2.75) is 32.3 Å². The minimum absolute atomic E-state index is 0.0823. The molecule has 2 aromatic carbocycles. The lowest BCUT2D eigenvalue weighted by atomic mass is 9.86. The number of para-hydroxylation sites is 2. The third-order valence-corrected chi connectivity index (χ3v) is 3.78. The molecule has 0 saturated heterocycles. The third kappa shape index (κ3) is 2.51. The van der Waals surface area contributed by atoms with E-state index < -0.39 is 0 Å². The molecule has 2 aromatic rings. The number of hydrogen-bond donors (Lipinski definition) is 1. The summed E-state index contributed by atoms with van der Waals surface area (Å²) in [5, 5.41) is 3.43. The zero-order valence-corrected chi connectivity index (χ0v) is 12.3. The average Bonchev–Trinajstić information content (AvgIpc) is 2.46. The number of fused-ring (bicyclic) bond motifs is 1. The van der Waals surface area contributed by atoms with Crippen LogP contribution < -0.4 is 10.1 Å². The summed E-state index contributed by atoms with van der Waals surface area (Å²) in [5.41, 5.74) is 3.84. The maximum Gasteiger partial charge on any atom is 0.143 e. The molecule has 1 unspecified atom stereocenters. The van der Waals surface area contributed by atoms with E-state index in [4.69, 9.17) is 4.74 Å². The van der Waals surface area contributed by atoms with Gasteiger partial charge in [0, 0.05) is 0 Å². The lowest BCUT2D eigenvalue weighted by Crippen LogP contribution is -2.23. The fourth-order valence-electron chi connectivity index (χ4n) is 2.50. The van der Waals surface area contributed by atoms with Crippen LogP contribution in [0.4, 0.5) is 5.69 Å². The van der Waals surface area contributed by atoms with E-state index in [2.05, 4.69) is 50.4 Å². The molecule has 0 spiro atoms. The molecule has 1 N–H and O–H groups in total. The normalized spacial score (nSPS) is 17.9. The van der Waals surface area contributed by atoms with Crippen molar-refractivity contribution >= 4 is 5.69 Å². The summed E-state index contributed by atoms with van der Waals surface area (Å²) < 4.78 is 6.08. The summed E-state index contributed by atoms with van der Waals surface area (Å²) in [6.45, 7) is 7.51. The molecule has 0 radical (unpaired) electrons. The quantitative estimate of drug-likeness (QED) is 0.819. The topological polar surface area (TPSA) is 21.3 Å². The van der Waals surface area contributed by atoms with E-state index in [1.807, 2.05) is 24.3 Å². The van der Waals surface area contributed by atoms with Crippen LogP contribution in [-0.2, 0) is 5.41 Å². The van der Waals surface area contributed by atoms with Gasteiger partial charge < -0.3 is 10.1 Å². The van der Waals surface area contributed by atoms with Crippen LogP contribution in [0.2, 0.25) is 0 Å². The van der Waals surface area contributed by atoms with Gasteiger partial charge >= 0.3 is 0 Å². The second kappa shape index (κ2) is 4.86. The molecule has 2 nitrogen and oxygen atoms in total. The molecule has 0 saturated carbocycles. The highest BCUT2D eigenvalue weighted by atomic mass is 16.5. The van der Waals surface area contributed by atoms with E-state index in [-0.39, 0.29) is 11.5 Å². The number of benzene rings is 2. The van der Waals surface area contributed by atoms with Crippen LogP contribution in [0.15, 0.2) is 48.5 Å². The van der Waals surface area contributed by atoms with Crippen molar-refractivity contribution in [2.75, 3.05) is 11.9 Å². The van der Waals surface area contributed by atoms with Crippen LogP contribution in [-0.4, -0.2) is 6.54 Å². The monoisotopic (exact) mass is 267 g/mol. The largest absolute Gasteiger partial charge is 0.482 e. The number of hydrogen-bond acceptors (Lipinski definition) is 2. The van der Waals surface area contributed by atoms with Gasteiger partial charge in [0.1, 0.15) is 11.9 Å². The molecule has 20 heavy (non-hydrogen) atoms. The maximum atomic E-state index is 6.08. The van der Waals surface area contributed by atoms with Gasteiger partial charge in [-0.3, -0.25) is 0 Å². The lowest BCUT2D eigenvalue weighted by molar-refractivity contribution is 0.210. The van der Waals surface area contributed by atoms with Crippen molar-refractivity contribution in [3.63, 3.8) is 0 Å². The first kappa shape index (κ1) is 13.0. The molecular weight excluding hydrogens is 246 g/mol. The summed E-state index contributed by atoms with van der Waals surface area (Å²) in [5.74, 6) is 0.934. The van der Waals surface area contributed by atoms with Crippen LogP contribution in [0.1, 0.15) is 38.0 Å². The number of rotatable bonds is 1. The Kier molecular flexibility index (Phi) is 3.17. The minimum atomic E-state index is 0.0823. The molecule has 0 amide bonds. The Bertz CT molecular complexity index is 596. The highest BCUT2D eigenvalue weighted by Gasteiger charge is 2.21. The first-order valence-electron chi connectivity index (χ1n) is 7.14. The Morgan fingerprint density at radius 1 is 1.00 bits per heavy atom. The van der Waals surface area contributed by atoms with E-state index in [0.29, 0.717) is 0 Å². The molecule has 0 fully saturated rings. The van der Waals surface area contributed by atoms with Gasteiger partial charge in [-0.2, -0.15) is 0 Å². The first-order valence-corrected chi connectivity index (χ1v) is 7.14. The highest BCUT2D eigenvalue weighted by Crippen LogP contribution is 2.34. The summed E-state index contributed by atoms with van der Waals surface area (Å²) in [7, 11) is 0. The molecular formula is C18H21NO. The zero-order chi connectivity index (χ0) is 14.2. The second-order valence-electron chi connectivity index (χ2n) is 6.36. The van der Waals surface area contributed by atoms with Crippen LogP contribution in [0.25, 0.3) is 0 Å². The standard InChI is InChI=1S/C18H21NO/c1-18(2,3)14-10-8-13(9-11-14)17-12-19-15-6-4-5-7-16(15)20-17/h4-11,17,19H,12H2,1-3H3. The van der Waals surface area contributed by atoms with Gasteiger partial charge in [0.15, 0.2) is 0 Å². The first-order chi connectivity index (χ1) is 9.54. The SMILES string of the molecule is CC(C)(C)c1ccc(C2CNc3ccccc3O2)cc1. The Hall–Kier alpha value is -1.96. The maximum absolute atomic E-state index is 6.08. The van der Waals surface area contributed by atoms with Gasteiger partial charge in [0.2, 0.25) is 0 Å². The van der Waals surface area contributed by atoms with E-state index >= 15 is 0 Å². The summed E-state index contributed by atoms with van der Waals surface area (Å²) in [6.07, 6.45) is 0.0823. The van der Waals surface area contributed by atoms with Crippen LogP contribution in [0.5, 0.6) is 5.75 Å². The van der Waals surface area contributed by atoms with Gasteiger partial charge in [0.25, 0.3) is 0 Å². The predicted octanol–water partition coefficient (Wildman–Crippen LogP) is 4.53. The van der Waals surface area contributed by atoms with E-state index in [1.165, 1.54) is 11.1 Å². The van der Waals surface area contributed by atoms with E-state index in [1.54, 1.807) is 0 Å². The highest BCUT2D eigenvalue weighted by molar-refractivity contribution is 5.58. The molecule has 1 aliphatic heterocycles. The third-order valence-electron chi connectivity index (χ3n) is 3.78. The molecule has 2 heteroatoms. The Morgan fingerprint density at radius 3 is 2.40 bits per heavy atom. The molecule has 1 aliphatic rings. The molecule has 1 atom stereocenters. The Balaban J connectivity index is 1.81. The van der Waals surface area contributed by atoms with Crippen molar-refractivity contribution in [3.05, 3.63) is 59.7 Å². The fourth-order valence-corrected chi connectivity index (χ4v) is 2.50. The van der Waals surface area contributed by atoms with Crippen molar-refractivity contribution in [1.29, 1.82) is 0 Å². The van der Waals surface area contributed by atoms with Crippen LogP contribution in [0, 0.1) is 0 Å². The zero-order valence-electron chi connectivity index (χ0n) is 12.3. The molecule has 104 valence electrons. The minimum Gasteiger partial charge on any atom is -0.482 e. The van der Waals surface area contributed by atoms with Gasteiger partial charge in [-0.25, -0.2) is 0 Å². The van der Waals surface area contributed by atoms with Crippen LogP contribution >= 0.6 is 0 Å². The fraction of sp³-hybridized carbons (Fsp3) is 0.333. The summed E-state index contributed by atoms with van der Waals surface area (Å²) in [6, 6.07) is 16.9. The van der Waals surface area contributed by atoms with Crippen molar-refractivity contribution < 1.29 is 4.74 Å².